The fourth-order valence-corrected chi connectivity index (χ4v) is 4.62. The lowest BCUT2D eigenvalue weighted by Gasteiger charge is -2.34. The van der Waals surface area contributed by atoms with Crippen molar-refractivity contribution in [2.45, 2.75) is 31.7 Å². The standard InChI is InChI=1S/C21H20Cl2N2O2/c1-24-11-17(16-9-14(22)10-19(23)18(16)12-24)13-4-2-5-15(8-13)25-20(26)6-3-7-21(25)27/h2,4-5,8-10,17H,3,6-7,11-12H2,1H3. The highest BCUT2D eigenvalue weighted by atomic mass is 35.5. The van der Waals surface area contributed by atoms with E-state index in [-0.39, 0.29) is 17.7 Å². The van der Waals surface area contributed by atoms with Gasteiger partial charge in [-0.05, 0) is 54.4 Å². The van der Waals surface area contributed by atoms with Crippen molar-refractivity contribution in [1.82, 2.24) is 4.90 Å². The van der Waals surface area contributed by atoms with Crippen molar-refractivity contribution >= 4 is 40.7 Å². The number of anilines is 1. The van der Waals surface area contributed by atoms with Gasteiger partial charge in [-0.1, -0.05) is 35.3 Å². The molecule has 2 amide bonds. The van der Waals surface area contributed by atoms with Crippen LogP contribution in [0.2, 0.25) is 10.0 Å². The lowest BCUT2D eigenvalue weighted by Crippen LogP contribution is -2.40. The Labute approximate surface area is 168 Å². The molecule has 1 fully saturated rings. The first-order chi connectivity index (χ1) is 12.9. The number of carbonyl (C=O) groups is 2. The number of hydrogen-bond acceptors (Lipinski definition) is 3. The minimum Gasteiger partial charge on any atom is -0.301 e. The highest BCUT2D eigenvalue weighted by Crippen LogP contribution is 2.39. The highest BCUT2D eigenvalue weighted by Gasteiger charge is 2.30. The molecule has 0 spiro atoms. The number of rotatable bonds is 2. The minimum absolute atomic E-state index is 0.0740. The van der Waals surface area contributed by atoms with Crippen LogP contribution in [0.4, 0.5) is 5.69 Å². The molecule has 0 bridgehead atoms. The molecule has 2 aliphatic rings. The average molecular weight is 403 g/mol. The number of amides is 2. The number of likely N-dealkylation sites (N-methyl/N-ethyl adjacent to an activating group) is 1. The Bertz CT molecular complexity index is 912. The molecule has 6 heteroatoms. The maximum absolute atomic E-state index is 12.3. The van der Waals surface area contributed by atoms with E-state index < -0.39 is 0 Å². The normalized spacial score (nSPS) is 20.7. The predicted molar refractivity (Wildman–Crippen MR) is 107 cm³/mol. The number of benzene rings is 2. The molecule has 27 heavy (non-hydrogen) atoms. The predicted octanol–water partition coefficient (Wildman–Crippen LogP) is 4.61. The molecule has 1 unspecified atom stereocenters. The van der Waals surface area contributed by atoms with Crippen molar-refractivity contribution in [1.29, 1.82) is 0 Å². The Morgan fingerprint density at radius 1 is 1.04 bits per heavy atom. The summed E-state index contributed by atoms with van der Waals surface area (Å²) >= 11 is 12.7. The molecule has 2 aromatic rings. The van der Waals surface area contributed by atoms with Gasteiger partial charge in [0, 0.05) is 41.9 Å². The number of hydrogen-bond donors (Lipinski definition) is 0. The molecule has 0 N–H and O–H groups in total. The molecule has 4 rings (SSSR count). The van der Waals surface area contributed by atoms with Crippen LogP contribution >= 0.6 is 23.2 Å². The summed E-state index contributed by atoms with van der Waals surface area (Å²) in [4.78, 5) is 28.1. The van der Waals surface area contributed by atoms with Gasteiger partial charge in [-0.25, -0.2) is 0 Å². The van der Waals surface area contributed by atoms with Gasteiger partial charge in [-0.15, -0.1) is 0 Å². The summed E-state index contributed by atoms with van der Waals surface area (Å²) in [6.45, 7) is 1.58. The monoisotopic (exact) mass is 402 g/mol. The number of imide groups is 1. The van der Waals surface area contributed by atoms with Crippen molar-refractivity contribution in [3.05, 3.63) is 63.1 Å². The van der Waals surface area contributed by atoms with Crippen LogP contribution in [0.25, 0.3) is 0 Å². The third-order valence-electron chi connectivity index (χ3n) is 5.30. The second kappa shape index (κ2) is 7.27. The first kappa shape index (κ1) is 18.5. The van der Waals surface area contributed by atoms with Crippen molar-refractivity contribution in [3.63, 3.8) is 0 Å². The quantitative estimate of drug-likeness (QED) is 0.688. The zero-order valence-corrected chi connectivity index (χ0v) is 16.6. The maximum atomic E-state index is 12.3. The van der Waals surface area contributed by atoms with Crippen LogP contribution in [0.15, 0.2) is 36.4 Å². The topological polar surface area (TPSA) is 40.6 Å². The molecular formula is C21H20Cl2N2O2. The smallest absolute Gasteiger partial charge is 0.233 e. The average Bonchev–Trinajstić information content (AvgIpc) is 2.62. The zero-order valence-electron chi connectivity index (χ0n) is 15.0. The van der Waals surface area contributed by atoms with Gasteiger partial charge >= 0.3 is 0 Å². The molecule has 1 atom stereocenters. The van der Waals surface area contributed by atoms with Gasteiger partial charge in [0.25, 0.3) is 0 Å². The molecule has 2 heterocycles. The number of nitrogens with zero attached hydrogens (tertiary/aromatic N) is 2. The van der Waals surface area contributed by atoms with Crippen molar-refractivity contribution in [3.8, 4) is 0 Å². The maximum Gasteiger partial charge on any atom is 0.233 e. The Hall–Kier alpha value is -1.88. The van der Waals surface area contributed by atoms with E-state index >= 15 is 0 Å². The van der Waals surface area contributed by atoms with Crippen LogP contribution in [0, 0.1) is 0 Å². The molecule has 2 aromatic carbocycles. The molecule has 0 aliphatic carbocycles. The van der Waals surface area contributed by atoms with E-state index in [1.807, 2.05) is 30.3 Å². The SMILES string of the molecule is CN1Cc2c(Cl)cc(Cl)cc2C(c2cccc(N3C(=O)CCCC3=O)c2)C1. The van der Waals surface area contributed by atoms with Crippen molar-refractivity contribution < 1.29 is 9.59 Å². The number of halogens is 2. The van der Waals surface area contributed by atoms with Crippen LogP contribution < -0.4 is 4.90 Å². The van der Waals surface area contributed by atoms with Crippen molar-refractivity contribution in [2.75, 3.05) is 18.5 Å². The van der Waals surface area contributed by atoms with Gasteiger partial charge in [0.1, 0.15) is 0 Å². The molecule has 1 saturated heterocycles. The third-order valence-corrected chi connectivity index (χ3v) is 5.86. The number of piperidine rings is 1. The first-order valence-corrected chi connectivity index (χ1v) is 9.81. The summed E-state index contributed by atoms with van der Waals surface area (Å²) in [5, 5.41) is 1.29. The fraction of sp³-hybridized carbons (Fsp3) is 0.333. The molecule has 0 radical (unpaired) electrons. The van der Waals surface area contributed by atoms with Crippen LogP contribution in [-0.2, 0) is 16.1 Å². The van der Waals surface area contributed by atoms with E-state index in [1.165, 1.54) is 4.90 Å². The van der Waals surface area contributed by atoms with E-state index in [9.17, 15) is 9.59 Å². The largest absolute Gasteiger partial charge is 0.301 e. The summed E-state index contributed by atoms with van der Waals surface area (Å²) in [6.07, 6.45) is 1.46. The first-order valence-electron chi connectivity index (χ1n) is 9.06. The Kier molecular flexibility index (Phi) is 4.97. The van der Waals surface area contributed by atoms with Gasteiger partial charge in [0.15, 0.2) is 0 Å². The highest BCUT2D eigenvalue weighted by molar-refractivity contribution is 6.35. The van der Waals surface area contributed by atoms with E-state index in [0.29, 0.717) is 35.0 Å². The summed E-state index contributed by atoms with van der Waals surface area (Å²) < 4.78 is 0. The van der Waals surface area contributed by atoms with E-state index in [2.05, 4.69) is 11.9 Å². The van der Waals surface area contributed by atoms with Gasteiger partial charge in [0.2, 0.25) is 11.8 Å². The Balaban J connectivity index is 1.77. The summed E-state index contributed by atoms with van der Waals surface area (Å²) in [6, 6.07) is 11.5. The van der Waals surface area contributed by atoms with Gasteiger partial charge < -0.3 is 4.90 Å². The fourth-order valence-electron chi connectivity index (χ4n) is 4.05. The van der Waals surface area contributed by atoms with E-state index in [4.69, 9.17) is 23.2 Å². The molecule has 0 aromatic heterocycles. The molecule has 140 valence electrons. The Morgan fingerprint density at radius 3 is 2.52 bits per heavy atom. The van der Waals surface area contributed by atoms with Crippen LogP contribution in [0.5, 0.6) is 0 Å². The number of carbonyl (C=O) groups excluding carboxylic acids is 2. The van der Waals surface area contributed by atoms with Crippen LogP contribution in [0.1, 0.15) is 41.9 Å². The Morgan fingerprint density at radius 2 is 1.78 bits per heavy atom. The molecule has 2 aliphatic heterocycles. The van der Waals surface area contributed by atoms with Crippen LogP contribution in [0.3, 0.4) is 0 Å². The van der Waals surface area contributed by atoms with Crippen molar-refractivity contribution in [2.24, 2.45) is 0 Å². The lowest BCUT2D eigenvalue weighted by atomic mass is 9.84. The summed E-state index contributed by atoms with van der Waals surface area (Å²) in [5.74, 6) is -0.184. The minimum atomic E-state index is -0.129. The van der Waals surface area contributed by atoms with Crippen LogP contribution in [-0.4, -0.2) is 30.3 Å². The summed E-state index contributed by atoms with van der Waals surface area (Å²) in [7, 11) is 2.06. The molecule has 4 nitrogen and oxygen atoms in total. The van der Waals surface area contributed by atoms with Gasteiger partial charge in [-0.3, -0.25) is 14.5 Å². The lowest BCUT2D eigenvalue weighted by molar-refractivity contribution is -0.129. The second-order valence-corrected chi connectivity index (χ2v) is 8.12. The van der Waals surface area contributed by atoms with Gasteiger partial charge in [0.05, 0.1) is 5.69 Å². The molecule has 0 saturated carbocycles. The van der Waals surface area contributed by atoms with Gasteiger partial charge in [-0.2, -0.15) is 0 Å². The second-order valence-electron chi connectivity index (χ2n) is 7.28. The van der Waals surface area contributed by atoms with E-state index in [0.717, 1.165) is 29.8 Å². The molecular weight excluding hydrogens is 383 g/mol. The zero-order chi connectivity index (χ0) is 19.1. The third kappa shape index (κ3) is 3.49. The summed E-state index contributed by atoms with van der Waals surface area (Å²) in [5.41, 5.74) is 3.88. The van der Waals surface area contributed by atoms with E-state index in [1.54, 1.807) is 6.07 Å². The number of fused-ring (bicyclic) bond motifs is 1.